The van der Waals surface area contributed by atoms with Crippen molar-refractivity contribution in [2.45, 2.75) is 12.7 Å². The predicted octanol–water partition coefficient (Wildman–Crippen LogP) is 2.14. The number of benzene rings is 1. The number of carbonyl (C=O) groups excluding carboxylic acids is 1. The van der Waals surface area contributed by atoms with Gasteiger partial charge in [-0.25, -0.2) is 23.7 Å². The molecular formula is C15H11F5N6O. The van der Waals surface area contributed by atoms with E-state index in [0.29, 0.717) is 11.2 Å². The van der Waals surface area contributed by atoms with Crippen molar-refractivity contribution in [3.05, 3.63) is 47.5 Å². The summed E-state index contributed by atoms with van der Waals surface area (Å²) in [6.07, 6.45) is -2.43. The number of imidazole rings is 1. The van der Waals surface area contributed by atoms with E-state index >= 15 is 0 Å². The van der Waals surface area contributed by atoms with Crippen LogP contribution in [0.4, 0.5) is 27.8 Å². The summed E-state index contributed by atoms with van der Waals surface area (Å²) in [6, 6.07) is 0.168. The molecule has 27 heavy (non-hydrogen) atoms. The zero-order chi connectivity index (χ0) is 19.8. The Labute approximate surface area is 148 Å². The number of amides is 1. The fraction of sp³-hybridized carbons (Fsp3) is 0.200. The minimum atomic E-state index is -5.06. The molecule has 3 aromatic rings. The van der Waals surface area contributed by atoms with Crippen LogP contribution in [0.2, 0.25) is 0 Å². The molecule has 1 aromatic carbocycles. The number of nitrogen functional groups attached to an aromatic ring is 1. The predicted molar refractivity (Wildman–Crippen MR) is 83.4 cm³/mol. The van der Waals surface area contributed by atoms with Gasteiger partial charge in [0.05, 0.1) is 17.5 Å². The number of nitrogens with one attached hydrogen (secondary N) is 1. The van der Waals surface area contributed by atoms with Crippen LogP contribution in [-0.2, 0) is 12.7 Å². The van der Waals surface area contributed by atoms with Crippen molar-refractivity contribution in [2.24, 2.45) is 0 Å². The second kappa shape index (κ2) is 6.78. The van der Waals surface area contributed by atoms with E-state index in [4.69, 9.17) is 5.73 Å². The number of hydrogen-bond donors (Lipinski definition) is 2. The van der Waals surface area contributed by atoms with Crippen LogP contribution in [0.25, 0.3) is 11.2 Å². The van der Waals surface area contributed by atoms with Gasteiger partial charge in [0, 0.05) is 13.1 Å². The van der Waals surface area contributed by atoms with E-state index in [2.05, 4.69) is 20.3 Å². The van der Waals surface area contributed by atoms with Crippen LogP contribution in [-0.4, -0.2) is 32.0 Å². The minimum absolute atomic E-state index is 0.0454. The topological polar surface area (TPSA) is 98.7 Å². The number of nitrogens with zero attached hydrogens (tertiary/aromatic N) is 4. The minimum Gasteiger partial charge on any atom is -0.382 e. The van der Waals surface area contributed by atoms with Crippen LogP contribution in [0.3, 0.4) is 0 Å². The van der Waals surface area contributed by atoms with E-state index in [9.17, 15) is 26.7 Å². The average Bonchev–Trinajstić information content (AvgIpc) is 3.00. The van der Waals surface area contributed by atoms with Crippen molar-refractivity contribution in [1.82, 2.24) is 24.8 Å². The Morgan fingerprint density at radius 1 is 1.15 bits per heavy atom. The Morgan fingerprint density at radius 2 is 1.89 bits per heavy atom. The Morgan fingerprint density at radius 3 is 2.59 bits per heavy atom. The van der Waals surface area contributed by atoms with Gasteiger partial charge in [-0.2, -0.15) is 13.2 Å². The third-order valence-electron chi connectivity index (χ3n) is 3.67. The van der Waals surface area contributed by atoms with Crippen LogP contribution in [0.5, 0.6) is 0 Å². The summed E-state index contributed by atoms with van der Waals surface area (Å²) < 4.78 is 66.5. The van der Waals surface area contributed by atoms with Crippen LogP contribution < -0.4 is 11.1 Å². The van der Waals surface area contributed by atoms with Crippen molar-refractivity contribution in [3.8, 4) is 0 Å². The Hall–Kier alpha value is -3.31. The third kappa shape index (κ3) is 3.64. The summed E-state index contributed by atoms with van der Waals surface area (Å²) >= 11 is 0. The lowest BCUT2D eigenvalue weighted by Gasteiger charge is -2.11. The molecule has 0 spiro atoms. The average molecular weight is 386 g/mol. The van der Waals surface area contributed by atoms with Crippen LogP contribution >= 0.6 is 0 Å². The largest absolute Gasteiger partial charge is 0.419 e. The lowest BCUT2D eigenvalue weighted by atomic mass is 10.1. The first-order valence-electron chi connectivity index (χ1n) is 7.44. The van der Waals surface area contributed by atoms with Gasteiger partial charge in [0.15, 0.2) is 11.5 Å². The molecule has 0 fully saturated rings. The molecule has 0 saturated heterocycles. The maximum atomic E-state index is 13.8. The van der Waals surface area contributed by atoms with E-state index in [1.165, 1.54) is 17.2 Å². The highest BCUT2D eigenvalue weighted by atomic mass is 19.4. The van der Waals surface area contributed by atoms with E-state index in [1.54, 1.807) is 0 Å². The van der Waals surface area contributed by atoms with Crippen LogP contribution in [0.15, 0.2) is 24.8 Å². The van der Waals surface area contributed by atoms with Gasteiger partial charge < -0.3 is 15.6 Å². The number of nitrogens with two attached hydrogens (primary N) is 1. The molecule has 2 aromatic heterocycles. The van der Waals surface area contributed by atoms with Gasteiger partial charge in [-0.3, -0.25) is 4.79 Å². The number of fused-ring (bicyclic) bond motifs is 1. The highest BCUT2D eigenvalue weighted by molar-refractivity contribution is 5.94. The summed E-state index contributed by atoms with van der Waals surface area (Å²) in [4.78, 5) is 23.7. The monoisotopic (exact) mass is 386 g/mol. The summed E-state index contributed by atoms with van der Waals surface area (Å²) in [5.74, 6) is -4.10. The highest BCUT2D eigenvalue weighted by Crippen LogP contribution is 2.32. The number of aromatic nitrogens is 4. The summed E-state index contributed by atoms with van der Waals surface area (Å²) in [7, 11) is 0. The summed E-state index contributed by atoms with van der Waals surface area (Å²) in [5, 5.41) is 2.29. The molecule has 0 bridgehead atoms. The molecule has 3 rings (SSSR count). The lowest BCUT2D eigenvalue weighted by molar-refractivity contribution is -0.140. The number of anilines is 1. The van der Waals surface area contributed by atoms with Crippen LogP contribution in [0, 0.1) is 11.6 Å². The molecule has 0 aliphatic heterocycles. The molecular weight excluding hydrogens is 375 g/mol. The number of hydrogen-bond acceptors (Lipinski definition) is 5. The van der Waals surface area contributed by atoms with E-state index in [1.807, 2.05) is 0 Å². The molecule has 1 amide bonds. The Balaban J connectivity index is 1.71. The van der Waals surface area contributed by atoms with Crippen molar-refractivity contribution >= 4 is 22.9 Å². The maximum absolute atomic E-state index is 13.8. The third-order valence-corrected chi connectivity index (χ3v) is 3.67. The molecule has 12 heteroatoms. The number of carbonyl (C=O) groups is 1. The van der Waals surface area contributed by atoms with Gasteiger partial charge in [0.1, 0.15) is 23.5 Å². The zero-order valence-electron chi connectivity index (χ0n) is 13.4. The Bertz CT molecular complexity index is 1020. The van der Waals surface area contributed by atoms with E-state index in [0.717, 1.165) is 0 Å². The SMILES string of the molecule is Nc1ncnc2c1ncn2CCNC(=O)c1cc(F)c(C(F)(F)F)cc1F. The molecule has 0 radical (unpaired) electrons. The molecule has 142 valence electrons. The summed E-state index contributed by atoms with van der Waals surface area (Å²) in [5.41, 5.74) is 3.80. The lowest BCUT2D eigenvalue weighted by Crippen LogP contribution is -2.28. The van der Waals surface area contributed by atoms with Gasteiger partial charge in [0.25, 0.3) is 5.91 Å². The van der Waals surface area contributed by atoms with Crippen molar-refractivity contribution in [3.63, 3.8) is 0 Å². The van der Waals surface area contributed by atoms with Gasteiger partial charge in [0.2, 0.25) is 0 Å². The second-order valence-corrected chi connectivity index (χ2v) is 5.43. The molecule has 0 atom stereocenters. The molecule has 2 heterocycles. The standard InChI is InChI=1S/C15H11F5N6O/c16-9-4-8(15(18,19)20)10(17)3-7(9)14(27)22-1-2-26-6-25-11-12(21)23-5-24-13(11)26/h3-6H,1-2H2,(H,22,27)(H2,21,23,24). The fourth-order valence-corrected chi connectivity index (χ4v) is 2.39. The normalized spacial score (nSPS) is 11.7. The number of halogens is 5. The highest BCUT2D eigenvalue weighted by Gasteiger charge is 2.35. The molecule has 0 unspecified atom stereocenters. The van der Waals surface area contributed by atoms with E-state index < -0.39 is 34.8 Å². The molecule has 0 aliphatic rings. The summed E-state index contributed by atoms with van der Waals surface area (Å²) in [6.45, 7) is 0.111. The van der Waals surface area contributed by atoms with Gasteiger partial charge in [-0.05, 0) is 12.1 Å². The first-order chi connectivity index (χ1) is 12.7. The molecule has 0 saturated carbocycles. The maximum Gasteiger partial charge on any atom is 0.419 e. The fourth-order valence-electron chi connectivity index (χ4n) is 2.39. The van der Waals surface area contributed by atoms with Crippen molar-refractivity contribution < 1.29 is 26.7 Å². The van der Waals surface area contributed by atoms with Crippen LogP contribution in [0.1, 0.15) is 15.9 Å². The molecule has 7 nitrogen and oxygen atoms in total. The van der Waals surface area contributed by atoms with Gasteiger partial charge in [-0.1, -0.05) is 0 Å². The Kier molecular flexibility index (Phi) is 4.64. The van der Waals surface area contributed by atoms with Crippen molar-refractivity contribution in [2.75, 3.05) is 12.3 Å². The number of rotatable bonds is 4. The van der Waals surface area contributed by atoms with E-state index in [-0.39, 0.29) is 31.0 Å². The molecule has 3 N–H and O–H groups in total. The second-order valence-electron chi connectivity index (χ2n) is 5.43. The van der Waals surface area contributed by atoms with Crippen molar-refractivity contribution in [1.29, 1.82) is 0 Å². The number of alkyl halides is 3. The first kappa shape index (κ1) is 18.5. The van der Waals surface area contributed by atoms with Gasteiger partial charge >= 0.3 is 6.18 Å². The zero-order valence-corrected chi connectivity index (χ0v) is 13.4. The quantitative estimate of drug-likeness (QED) is 0.670. The van der Waals surface area contributed by atoms with Gasteiger partial charge in [-0.15, -0.1) is 0 Å². The smallest absolute Gasteiger partial charge is 0.382 e. The first-order valence-corrected chi connectivity index (χ1v) is 7.44. The molecule has 0 aliphatic carbocycles.